The lowest BCUT2D eigenvalue weighted by molar-refractivity contribution is -0.113. The van der Waals surface area contributed by atoms with Crippen molar-refractivity contribution in [2.75, 3.05) is 6.54 Å². The van der Waals surface area contributed by atoms with Crippen molar-refractivity contribution in [3.8, 4) is 12.3 Å². The van der Waals surface area contributed by atoms with Crippen molar-refractivity contribution in [2.45, 2.75) is 112 Å². The van der Waals surface area contributed by atoms with Gasteiger partial charge in [-0.2, -0.15) is 5.10 Å². The number of carbonyl (C=O) groups is 2. The SMILES string of the molecule is C#CC.C/C=C(\C=C/CCNC1(/N=C(\C(=O)CCCC)c2cccc(C)c2)CCC(C(C)(C)C)CC1)C/C(N)=N/NN.NC=O. The van der Waals surface area contributed by atoms with Crippen molar-refractivity contribution in [3.63, 3.8) is 0 Å². The molecular formula is C36H59N7O2. The zero-order chi connectivity index (χ0) is 34.3. The molecule has 1 saturated carbocycles. The van der Waals surface area contributed by atoms with E-state index >= 15 is 0 Å². The number of nitrogens with two attached hydrogens (primary N) is 3. The van der Waals surface area contributed by atoms with Crippen LogP contribution >= 0.6 is 0 Å². The molecule has 250 valence electrons. The van der Waals surface area contributed by atoms with Gasteiger partial charge in [0.2, 0.25) is 6.41 Å². The van der Waals surface area contributed by atoms with E-state index in [1.165, 1.54) is 0 Å². The first-order valence-electron chi connectivity index (χ1n) is 15.9. The smallest absolute Gasteiger partial charge is 0.204 e. The third-order valence-corrected chi connectivity index (χ3v) is 7.74. The number of aliphatic imine (C=N–C) groups is 1. The number of Topliss-reactive ketones (excluding diaryl/α,β-unsaturated/α-hetero) is 1. The highest BCUT2D eigenvalue weighted by atomic mass is 16.1. The summed E-state index contributed by atoms with van der Waals surface area (Å²) in [6.07, 6.45) is 18.9. The lowest BCUT2D eigenvalue weighted by Crippen LogP contribution is -2.49. The Morgan fingerprint density at radius 1 is 1.24 bits per heavy atom. The fraction of sp³-hybridized carbons (Fsp3) is 0.556. The van der Waals surface area contributed by atoms with Gasteiger partial charge in [-0.25, -0.2) is 11.4 Å². The molecule has 0 aromatic heterocycles. The van der Waals surface area contributed by atoms with Gasteiger partial charge in [-0.3, -0.25) is 19.9 Å². The quantitative estimate of drug-likeness (QED) is 0.0257. The monoisotopic (exact) mass is 621 g/mol. The second kappa shape index (κ2) is 22.7. The van der Waals surface area contributed by atoms with E-state index in [2.05, 4.69) is 92.9 Å². The summed E-state index contributed by atoms with van der Waals surface area (Å²) in [5.74, 6) is 8.71. The number of rotatable bonds is 14. The third kappa shape index (κ3) is 16.8. The van der Waals surface area contributed by atoms with Gasteiger partial charge in [0.25, 0.3) is 0 Å². The van der Waals surface area contributed by atoms with Crippen LogP contribution in [0.15, 0.2) is 58.2 Å². The molecule has 0 saturated heterocycles. The number of allylic oxidation sites excluding steroid dienone is 2. The zero-order valence-corrected chi connectivity index (χ0v) is 28.8. The molecule has 0 spiro atoms. The number of hydrazone groups is 1. The Labute approximate surface area is 272 Å². The molecule has 8 N–H and O–H groups in total. The van der Waals surface area contributed by atoms with Crippen LogP contribution in [0.4, 0.5) is 0 Å². The Balaban J connectivity index is 0.00000298. The van der Waals surface area contributed by atoms with Crippen LogP contribution in [-0.2, 0) is 9.59 Å². The maximum absolute atomic E-state index is 13.5. The number of aryl methyl sites for hydroxylation is 1. The molecule has 2 rings (SSSR count). The van der Waals surface area contributed by atoms with Crippen LogP contribution in [-0.4, -0.2) is 35.9 Å². The molecular weight excluding hydrogens is 562 g/mol. The minimum Gasteiger partial charge on any atom is -0.385 e. The molecule has 1 aliphatic carbocycles. The Bertz CT molecular complexity index is 1180. The van der Waals surface area contributed by atoms with Gasteiger partial charge in [-0.05, 0) is 82.3 Å². The highest BCUT2D eigenvalue weighted by Crippen LogP contribution is 2.42. The predicted octanol–water partition coefficient (Wildman–Crippen LogP) is 5.82. The van der Waals surface area contributed by atoms with E-state index in [0.717, 1.165) is 68.2 Å². The first-order valence-corrected chi connectivity index (χ1v) is 15.9. The second-order valence-electron chi connectivity index (χ2n) is 12.3. The topological polar surface area (TPSA) is 161 Å². The van der Waals surface area contributed by atoms with Crippen molar-refractivity contribution < 1.29 is 9.59 Å². The minimum absolute atomic E-state index is 0.144. The number of hydrogen-bond acceptors (Lipinski definition) is 7. The number of carbonyl (C=O) groups excluding carboxylic acids is 2. The number of hydrazine groups is 1. The number of nitrogens with one attached hydrogen (secondary N) is 2. The van der Waals surface area contributed by atoms with Crippen LogP contribution in [0.1, 0.15) is 110 Å². The Morgan fingerprint density at radius 3 is 2.38 bits per heavy atom. The van der Waals surface area contributed by atoms with Crippen molar-refractivity contribution in [1.82, 2.24) is 10.9 Å². The molecule has 0 radical (unpaired) electrons. The van der Waals surface area contributed by atoms with Crippen molar-refractivity contribution in [2.24, 2.45) is 38.7 Å². The van der Waals surface area contributed by atoms with Crippen LogP contribution < -0.4 is 28.2 Å². The number of primary amides is 1. The number of terminal acetylenes is 1. The number of amides is 1. The summed E-state index contributed by atoms with van der Waals surface area (Å²) >= 11 is 0. The highest BCUT2D eigenvalue weighted by Gasteiger charge is 2.39. The summed E-state index contributed by atoms with van der Waals surface area (Å²) in [6, 6.07) is 8.21. The molecule has 1 aliphatic rings. The molecule has 45 heavy (non-hydrogen) atoms. The Hall–Kier alpha value is -3.74. The fourth-order valence-corrected chi connectivity index (χ4v) is 5.25. The summed E-state index contributed by atoms with van der Waals surface area (Å²) < 4.78 is 0. The van der Waals surface area contributed by atoms with Gasteiger partial charge in [-0.15, -0.1) is 12.3 Å². The van der Waals surface area contributed by atoms with Gasteiger partial charge >= 0.3 is 0 Å². The number of nitrogens with zero attached hydrogens (tertiary/aromatic N) is 2. The summed E-state index contributed by atoms with van der Waals surface area (Å²) in [6.45, 7) is 15.6. The number of benzene rings is 1. The van der Waals surface area contributed by atoms with E-state index < -0.39 is 5.66 Å². The van der Waals surface area contributed by atoms with Crippen molar-refractivity contribution >= 4 is 23.7 Å². The molecule has 1 aromatic rings. The molecule has 1 aromatic carbocycles. The van der Waals surface area contributed by atoms with Crippen molar-refractivity contribution in [3.05, 3.63) is 59.2 Å². The normalized spacial score (nSPS) is 19.0. The molecule has 0 atom stereocenters. The molecule has 1 fully saturated rings. The maximum atomic E-state index is 13.5. The van der Waals surface area contributed by atoms with Gasteiger partial charge in [0.1, 0.15) is 17.2 Å². The van der Waals surface area contributed by atoms with Gasteiger partial charge in [-0.1, -0.05) is 76.1 Å². The van der Waals surface area contributed by atoms with E-state index in [4.69, 9.17) is 21.4 Å². The lowest BCUT2D eigenvalue weighted by Gasteiger charge is -2.43. The minimum atomic E-state index is -0.441. The summed E-state index contributed by atoms with van der Waals surface area (Å²) in [7, 11) is 0. The molecule has 9 nitrogen and oxygen atoms in total. The fourth-order valence-electron chi connectivity index (χ4n) is 5.25. The van der Waals surface area contributed by atoms with E-state index in [1.807, 2.05) is 25.1 Å². The average Bonchev–Trinajstić information content (AvgIpc) is 2.98. The lowest BCUT2D eigenvalue weighted by atomic mass is 9.69. The Kier molecular flexibility index (Phi) is 20.8. The summed E-state index contributed by atoms with van der Waals surface area (Å²) in [4.78, 5) is 27.4. The first kappa shape index (κ1) is 41.3. The predicted molar refractivity (Wildman–Crippen MR) is 190 cm³/mol. The van der Waals surface area contributed by atoms with E-state index in [9.17, 15) is 4.79 Å². The summed E-state index contributed by atoms with van der Waals surface area (Å²) in [5, 5.41) is 7.63. The van der Waals surface area contributed by atoms with Gasteiger partial charge < -0.3 is 11.5 Å². The molecule has 9 heteroatoms. The number of amidine groups is 1. The second-order valence-corrected chi connectivity index (χ2v) is 12.3. The van der Waals surface area contributed by atoms with E-state index in [0.29, 0.717) is 30.3 Å². The van der Waals surface area contributed by atoms with E-state index in [1.54, 1.807) is 6.92 Å². The molecule has 0 unspecified atom stereocenters. The van der Waals surface area contributed by atoms with Crippen LogP contribution in [0.25, 0.3) is 0 Å². The maximum Gasteiger partial charge on any atom is 0.204 e. The third-order valence-electron chi connectivity index (χ3n) is 7.74. The van der Waals surface area contributed by atoms with Crippen LogP contribution in [0.5, 0.6) is 0 Å². The average molecular weight is 622 g/mol. The van der Waals surface area contributed by atoms with Crippen LogP contribution in [0.3, 0.4) is 0 Å². The molecule has 1 amide bonds. The van der Waals surface area contributed by atoms with Crippen molar-refractivity contribution in [1.29, 1.82) is 0 Å². The first-order chi connectivity index (χ1) is 21.4. The van der Waals surface area contributed by atoms with Gasteiger partial charge in [0.05, 0.1) is 0 Å². The highest BCUT2D eigenvalue weighted by molar-refractivity contribution is 6.46. The van der Waals surface area contributed by atoms with Crippen LogP contribution in [0.2, 0.25) is 0 Å². The molecule has 0 bridgehead atoms. The van der Waals surface area contributed by atoms with Gasteiger partial charge in [0, 0.05) is 24.9 Å². The summed E-state index contributed by atoms with van der Waals surface area (Å²) in [5.41, 5.74) is 15.9. The number of unbranched alkanes of at least 4 members (excludes halogenated alkanes) is 1. The van der Waals surface area contributed by atoms with Gasteiger partial charge in [0.15, 0.2) is 5.78 Å². The number of ketones is 1. The molecule has 0 heterocycles. The van der Waals surface area contributed by atoms with Crippen LogP contribution in [0, 0.1) is 30.6 Å². The Morgan fingerprint density at radius 2 is 1.87 bits per heavy atom. The number of hydrogen-bond donors (Lipinski definition) is 5. The van der Waals surface area contributed by atoms with E-state index in [-0.39, 0.29) is 17.6 Å². The largest absolute Gasteiger partial charge is 0.385 e. The molecule has 0 aliphatic heterocycles. The zero-order valence-electron chi connectivity index (χ0n) is 28.8. The standard InChI is InChI=1S/C32H52N6O.C3H4.CH3NO/c1-7-9-16-28(39)30(26-15-12-13-24(3)22-26)36-32(19-17-27(18-20-32)31(4,5)6)35-21-11-10-14-25(8-2)23-29(33)37-38-34;1-3-2;2-1-3/h8,10,12-15,22,27,35,38H,7,9,11,16-21,23,34H2,1-6H3,(H2,33,37);1H,2H3;1H,(H2,2,3)/b14-10-,25-8+,36-30-;;.